The number of nitrogens with zero attached hydrogens (tertiary/aromatic N) is 2. The predicted molar refractivity (Wildman–Crippen MR) is 111 cm³/mol. The van der Waals surface area contributed by atoms with Crippen LogP contribution in [-0.4, -0.2) is 34.8 Å². The van der Waals surface area contributed by atoms with Crippen LogP contribution in [0, 0.1) is 0 Å². The number of amides is 2. The molecule has 160 valence electrons. The van der Waals surface area contributed by atoms with Crippen molar-refractivity contribution in [2.45, 2.75) is 25.4 Å². The minimum Gasteiger partial charge on any atom is -0.335 e. The summed E-state index contributed by atoms with van der Waals surface area (Å²) < 4.78 is 38.8. The molecule has 0 unspecified atom stereocenters. The number of aromatic nitrogens is 1. The van der Waals surface area contributed by atoms with Gasteiger partial charge in [0.25, 0.3) is 0 Å². The van der Waals surface area contributed by atoms with E-state index in [4.69, 9.17) is 0 Å². The largest absolute Gasteiger partial charge is 0.416 e. The van der Waals surface area contributed by atoms with Crippen molar-refractivity contribution in [3.63, 3.8) is 0 Å². The minimum absolute atomic E-state index is 0.0545. The predicted octanol–water partition coefficient (Wildman–Crippen LogP) is 4.31. The monoisotopic (exact) mass is 427 g/mol. The number of anilines is 1. The summed E-state index contributed by atoms with van der Waals surface area (Å²) in [7, 11) is 0. The Morgan fingerprint density at radius 1 is 1.16 bits per heavy atom. The van der Waals surface area contributed by atoms with Crippen LogP contribution in [0.1, 0.15) is 35.1 Å². The highest BCUT2D eigenvalue weighted by atomic mass is 19.4. The van der Waals surface area contributed by atoms with Gasteiger partial charge in [-0.05, 0) is 59.4 Å². The third-order valence-electron chi connectivity index (χ3n) is 5.37. The van der Waals surface area contributed by atoms with E-state index >= 15 is 0 Å². The van der Waals surface area contributed by atoms with Gasteiger partial charge >= 0.3 is 6.18 Å². The summed E-state index contributed by atoms with van der Waals surface area (Å²) in [5, 5.41) is 2.71. The summed E-state index contributed by atoms with van der Waals surface area (Å²) in [6.07, 6.45) is 3.67. The number of halogens is 3. The molecule has 1 aromatic carbocycles. The maximum absolute atomic E-state index is 12.9. The zero-order chi connectivity index (χ0) is 22.0. The SMILES string of the molecule is O=C1CCc2cc(C=CC(=O)N3CC=C(c4cccc(C(F)(F)F)c4)CC3)cnc2N1. The lowest BCUT2D eigenvalue weighted by molar-refractivity contribution is -0.137. The maximum atomic E-state index is 12.9. The molecule has 31 heavy (non-hydrogen) atoms. The molecule has 2 aromatic rings. The number of carbonyl (C=O) groups is 2. The molecule has 1 aromatic heterocycles. The van der Waals surface area contributed by atoms with Crippen LogP contribution in [0.3, 0.4) is 0 Å². The van der Waals surface area contributed by atoms with Crippen molar-refractivity contribution in [1.29, 1.82) is 0 Å². The first kappa shape index (κ1) is 20.8. The zero-order valence-corrected chi connectivity index (χ0v) is 16.6. The van der Waals surface area contributed by atoms with Crippen LogP contribution in [0.25, 0.3) is 11.6 Å². The second kappa shape index (κ2) is 8.37. The van der Waals surface area contributed by atoms with E-state index in [2.05, 4.69) is 10.3 Å². The third-order valence-corrected chi connectivity index (χ3v) is 5.37. The van der Waals surface area contributed by atoms with Gasteiger partial charge in [-0.2, -0.15) is 13.2 Å². The number of hydrogen-bond acceptors (Lipinski definition) is 3. The van der Waals surface area contributed by atoms with E-state index in [9.17, 15) is 22.8 Å². The van der Waals surface area contributed by atoms with E-state index in [0.717, 1.165) is 28.8 Å². The Balaban J connectivity index is 1.40. The standard InChI is InChI=1S/C23H20F3N3O2/c24-23(25,26)19-3-1-2-17(13-19)16-8-10-29(11-9-16)21(31)7-4-15-12-18-5-6-20(30)28-22(18)27-14-15/h1-4,7-8,12-14H,5-6,9-11H2,(H,27,28,30). The van der Waals surface area contributed by atoms with Gasteiger partial charge < -0.3 is 10.2 Å². The fraction of sp³-hybridized carbons (Fsp3) is 0.261. The molecule has 0 aliphatic carbocycles. The molecule has 5 nitrogen and oxygen atoms in total. The summed E-state index contributed by atoms with van der Waals surface area (Å²) in [5.41, 5.74) is 2.36. The molecule has 8 heteroatoms. The van der Waals surface area contributed by atoms with Gasteiger partial charge in [-0.1, -0.05) is 18.2 Å². The van der Waals surface area contributed by atoms with Crippen LogP contribution in [0.4, 0.5) is 19.0 Å². The van der Waals surface area contributed by atoms with E-state index in [1.54, 1.807) is 29.3 Å². The number of rotatable bonds is 3. The van der Waals surface area contributed by atoms with Crippen LogP contribution in [0.5, 0.6) is 0 Å². The molecule has 0 atom stereocenters. The van der Waals surface area contributed by atoms with Crippen molar-refractivity contribution < 1.29 is 22.8 Å². The number of carbonyl (C=O) groups excluding carboxylic acids is 2. The number of hydrogen-bond donors (Lipinski definition) is 1. The molecule has 0 radical (unpaired) electrons. The minimum atomic E-state index is -4.38. The van der Waals surface area contributed by atoms with Crippen LogP contribution in [-0.2, 0) is 22.2 Å². The van der Waals surface area contributed by atoms with Gasteiger partial charge in [0, 0.05) is 31.8 Å². The average molecular weight is 427 g/mol. The lowest BCUT2D eigenvalue weighted by Crippen LogP contribution is -2.33. The van der Waals surface area contributed by atoms with E-state index in [1.807, 2.05) is 6.07 Å². The summed E-state index contributed by atoms with van der Waals surface area (Å²) in [5.74, 6) is 0.328. The highest BCUT2D eigenvalue weighted by Crippen LogP contribution is 2.32. The van der Waals surface area contributed by atoms with Crippen LogP contribution in [0.2, 0.25) is 0 Å². The highest BCUT2D eigenvalue weighted by molar-refractivity contribution is 5.94. The lowest BCUT2D eigenvalue weighted by Gasteiger charge is -2.26. The molecule has 0 bridgehead atoms. The van der Waals surface area contributed by atoms with Gasteiger partial charge in [0.05, 0.1) is 5.56 Å². The molecule has 2 amide bonds. The van der Waals surface area contributed by atoms with E-state index in [-0.39, 0.29) is 11.8 Å². The van der Waals surface area contributed by atoms with Crippen molar-refractivity contribution in [3.05, 3.63) is 70.9 Å². The molecule has 2 aliphatic heterocycles. The number of alkyl halides is 3. The molecule has 0 saturated heterocycles. The first-order valence-corrected chi connectivity index (χ1v) is 9.92. The van der Waals surface area contributed by atoms with Crippen LogP contribution < -0.4 is 5.32 Å². The van der Waals surface area contributed by atoms with Crippen molar-refractivity contribution in [3.8, 4) is 0 Å². The second-order valence-corrected chi connectivity index (χ2v) is 7.50. The van der Waals surface area contributed by atoms with Gasteiger partial charge in [-0.25, -0.2) is 4.98 Å². The van der Waals surface area contributed by atoms with Gasteiger partial charge in [-0.3, -0.25) is 9.59 Å². The summed E-state index contributed by atoms with van der Waals surface area (Å²) in [6, 6.07) is 7.15. The van der Waals surface area contributed by atoms with Crippen molar-refractivity contribution in [2.75, 3.05) is 18.4 Å². The summed E-state index contributed by atoms with van der Waals surface area (Å²) in [4.78, 5) is 29.8. The Bertz CT molecular complexity index is 1090. The molecular formula is C23H20F3N3O2. The molecule has 1 N–H and O–H groups in total. The lowest BCUT2D eigenvalue weighted by atomic mass is 9.97. The third kappa shape index (κ3) is 4.84. The van der Waals surface area contributed by atoms with E-state index < -0.39 is 11.7 Å². The average Bonchev–Trinajstić information content (AvgIpc) is 2.77. The Labute approximate surface area is 177 Å². The first-order valence-electron chi connectivity index (χ1n) is 9.92. The maximum Gasteiger partial charge on any atom is 0.416 e. The molecule has 4 rings (SSSR count). The quantitative estimate of drug-likeness (QED) is 0.743. The Morgan fingerprint density at radius 3 is 2.74 bits per heavy atom. The number of nitrogens with one attached hydrogen (secondary N) is 1. The van der Waals surface area contributed by atoms with E-state index in [0.29, 0.717) is 43.7 Å². The second-order valence-electron chi connectivity index (χ2n) is 7.50. The Morgan fingerprint density at radius 2 is 2.00 bits per heavy atom. The topological polar surface area (TPSA) is 62.3 Å². The number of aryl methyl sites for hydroxylation is 1. The fourth-order valence-electron chi connectivity index (χ4n) is 3.67. The summed E-state index contributed by atoms with van der Waals surface area (Å²) in [6.45, 7) is 0.767. The first-order chi connectivity index (χ1) is 14.8. The normalized spacial score (nSPS) is 16.7. The fourth-order valence-corrected chi connectivity index (χ4v) is 3.67. The number of pyridine rings is 1. The molecule has 0 saturated carbocycles. The summed E-state index contributed by atoms with van der Waals surface area (Å²) >= 11 is 0. The van der Waals surface area contributed by atoms with Gasteiger partial charge in [0.2, 0.25) is 11.8 Å². The Hall–Kier alpha value is -3.42. The van der Waals surface area contributed by atoms with Crippen LogP contribution in [0.15, 0.2) is 48.7 Å². The molecule has 2 aliphatic rings. The Kier molecular flexibility index (Phi) is 5.63. The number of fused-ring (bicyclic) bond motifs is 1. The number of benzene rings is 1. The van der Waals surface area contributed by atoms with Crippen molar-refractivity contribution in [1.82, 2.24) is 9.88 Å². The van der Waals surface area contributed by atoms with Crippen LogP contribution >= 0.6 is 0 Å². The smallest absolute Gasteiger partial charge is 0.335 e. The van der Waals surface area contributed by atoms with Gasteiger partial charge in [0.1, 0.15) is 5.82 Å². The van der Waals surface area contributed by atoms with Gasteiger partial charge in [-0.15, -0.1) is 0 Å². The molecule has 0 spiro atoms. The van der Waals surface area contributed by atoms with Crippen molar-refractivity contribution >= 4 is 29.3 Å². The highest BCUT2D eigenvalue weighted by Gasteiger charge is 2.30. The van der Waals surface area contributed by atoms with E-state index in [1.165, 1.54) is 12.1 Å². The van der Waals surface area contributed by atoms with Gasteiger partial charge in [0.15, 0.2) is 0 Å². The molecular weight excluding hydrogens is 407 g/mol. The molecule has 3 heterocycles. The molecule has 0 fully saturated rings. The zero-order valence-electron chi connectivity index (χ0n) is 16.6. The van der Waals surface area contributed by atoms with Crippen molar-refractivity contribution in [2.24, 2.45) is 0 Å².